The number of hydrogen-bond acceptors (Lipinski definition) is 14. The molecule has 0 amide bonds. The lowest BCUT2D eigenvalue weighted by molar-refractivity contribution is -0.132. The summed E-state index contributed by atoms with van der Waals surface area (Å²) in [6.07, 6.45) is 32.1. The second-order valence-electron chi connectivity index (χ2n) is 40.1. The van der Waals surface area contributed by atoms with Crippen LogP contribution in [0.3, 0.4) is 0 Å². The van der Waals surface area contributed by atoms with E-state index in [2.05, 4.69) is 200 Å². The van der Waals surface area contributed by atoms with E-state index in [0.29, 0.717) is 28.1 Å². The van der Waals surface area contributed by atoms with E-state index in [1.807, 2.05) is 18.2 Å². The van der Waals surface area contributed by atoms with E-state index in [1.165, 1.54) is 259 Å². The molecular formula is C92H176N12O2. The van der Waals surface area contributed by atoms with Crippen molar-refractivity contribution in [3.63, 3.8) is 0 Å². The van der Waals surface area contributed by atoms with E-state index in [4.69, 9.17) is 4.84 Å². The number of carbonyl (C=O) groups is 1. The maximum absolute atomic E-state index is 11.9. The minimum Gasteiger partial charge on any atom is -0.364 e. The Labute approximate surface area is 657 Å². The van der Waals surface area contributed by atoms with Gasteiger partial charge in [0.15, 0.2) is 0 Å². The molecule has 616 valence electrons. The summed E-state index contributed by atoms with van der Waals surface area (Å²) in [7, 11) is 0. The Bertz CT molecular complexity index is 2470. The summed E-state index contributed by atoms with van der Waals surface area (Å²) in [6, 6.07) is 15.8. The van der Waals surface area contributed by atoms with Crippen molar-refractivity contribution in [3.8, 4) is 0 Å². The maximum atomic E-state index is 11.9. The van der Waals surface area contributed by atoms with Crippen LogP contribution in [0.5, 0.6) is 0 Å². The number of piperazine rings is 1. The number of nitrogens with zero attached hydrogens (tertiary/aromatic N) is 10. The topological polar surface area (TPSA) is 82.8 Å². The number of hydroxylamine groups is 2. The standard InChI is InChI=1S/C14H20N2O2.C11H21N.2C10H20N2.3C10H19N.C9H19N.C7H15N.CH4/c1-12(2)15-8-10-16(11-9-15)18-14(17)13-6-4-3-5-7-13;1-10(2)12-9-5-8-11(12)6-3-4-7-11;1-9(2)12-6-4-10(8-12)3-5-11-7-10;1-9(2)12-7-5-10(8-12)4-3-6-11-10;1-8(2)11-6-10(7-11)4-9(3)5-10;1-8(2)11-6-9-4-3-5-10(9)7-11;1-9(2)11-7-10(8-11)5-3-4-6-10;1-4-5-9-6-10(7-9)8(2)3;1-6(2)8-4-7(3)5-8;/h3-7,12H,8-11H2,1-2H3;10H,3-9H2,1-2H3;2*9,11H,3-8H2,1-2H3;8-9H,4-7H2,1-3H3;8-10H,3-7H2,1-2H3;9H,3-8H2,1-2H3;8-9H,4-7H2,1-3H3;6-7H,4-5H2,1-3H3;1H4. The van der Waals surface area contributed by atoms with E-state index in [0.717, 1.165) is 115 Å². The van der Waals surface area contributed by atoms with E-state index in [-0.39, 0.29) is 13.4 Å². The number of rotatable bonds is 13. The van der Waals surface area contributed by atoms with Crippen LogP contribution in [0.4, 0.5) is 0 Å². The lowest BCUT2D eigenvalue weighted by Gasteiger charge is -2.60. The highest BCUT2D eigenvalue weighted by Gasteiger charge is 2.51. The summed E-state index contributed by atoms with van der Waals surface area (Å²) in [5, 5.41) is 8.92. The van der Waals surface area contributed by atoms with Crippen molar-refractivity contribution >= 4 is 5.97 Å². The Balaban J connectivity index is 0.000000167. The smallest absolute Gasteiger partial charge is 0.357 e. The first-order valence-electron chi connectivity index (χ1n) is 45.1. The molecule has 0 bridgehead atoms. The third-order valence-electron chi connectivity index (χ3n) is 28.6. The third-order valence-corrected chi connectivity index (χ3v) is 28.6. The van der Waals surface area contributed by atoms with Crippen LogP contribution in [0, 0.1) is 45.8 Å². The Morgan fingerprint density at radius 2 is 0.915 bits per heavy atom. The van der Waals surface area contributed by atoms with Gasteiger partial charge in [0.2, 0.25) is 0 Å². The van der Waals surface area contributed by atoms with E-state index in [1.54, 1.807) is 17.2 Å². The molecule has 14 heteroatoms. The van der Waals surface area contributed by atoms with Gasteiger partial charge in [0.05, 0.1) is 5.56 Å². The fourth-order valence-electron chi connectivity index (χ4n) is 21.5. The number of nitrogens with one attached hydrogen (secondary N) is 2. The molecular weight excluding hydrogens is 1310 g/mol. The van der Waals surface area contributed by atoms with Crippen LogP contribution in [0.2, 0.25) is 0 Å². The molecule has 0 aromatic heterocycles. The van der Waals surface area contributed by atoms with Crippen molar-refractivity contribution < 1.29 is 9.63 Å². The first-order chi connectivity index (χ1) is 49.9. The van der Waals surface area contributed by atoms with E-state index in [9.17, 15) is 4.79 Å². The molecule has 5 spiro atoms. The molecule has 106 heavy (non-hydrogen) atoms. The SMILES string of the molecule is C.CC(C)N1CC2(CCCC2)C1.CC(C)N1CC2CCCC2C1.CC(C)N1CCC2(CCCN2)C1.CC(C)N1CCC2(CCNC2)C1.CC(C)N1CCCC12CCCC2.CC(C)N1CCN(OC(=O)c2ccccc2)CC1.CC1CC2(C1)CN(C(C)C)C2.CC1CN(C(C)C)C1.CCCC1CN(C(C)C)C1. The summed E-state index contributed by atoms with van der Waals surface area (Å²) in [5.74, 6) is 4.86. The first kappa shape index (κ1) is 91.4. The van der Waals surface area contributed by atoms with Crippen molar-refractivity contribution in [2.45, 2.75) is 360 Å². The number of likely N-dealkylation sites (tertiary alicyclic amines) is 8. The van der Waals surface area contributed by atoms with Crippen molar-refractivity contribution in [2.75, 3.05) is 144 Å². The van der Waals surface area contributed by atoms with Crippen LogP contribution >= 0.6 is 0 Å². The van der Waals surface area contributed by atoms with Crippen LogP contribution in [0.15, 0.2) is 30.3 Å². The molecule has 4 unspecified atom stereocenters. The molecule has 14 nitrogen and oxygen atoms in total. The van der Waals surface area contributed by atoms with Gasteiger partial charge in [-0.3, -0.25) is 24.5 Å². The summed E-state index contributed by atoms with van der Waals surface area (Å²) < 4.78 is 0. The zero-order valence-electron chi connectivity index (χ0n) is 72.9. The number of hydrogen-bond donors (Lipinski definition) is 2. The molecule has 11 heterocycles. The molecule has 1 aromatic carbocycles. The highest BCUT2D eigenvalue weighted by molar-refractivity contribution is 5.89. The van der Waals surface area contributed by atoms with Gasteiger partial charge in [0.25, 0.3) is 0 Å². The van der Waals surface area contributed by atoms with E-state index >= 15 is 0 Å². The van der Waals surface area contributed by atoms with Gasteiger partial charge >= 0.3 is 5.97 Å². The fraction of sp³-hybridized carbons (Fsp3) is 0.924. The van der Waals surface area contributed by atoms with Gasteiger partial charge in [0, 0.05) is 183 Å². The second kappa shape index (κ2) is 43.1. The Hall–Kier alpha value is -1.79. The third kappa shape index (κ3) is 26.6. The minimum absolute atomic E-state index is 0. The monoisotopic (exact) mass is 1480 g/mol. The van der Waals surface area contributed by atoms with Gasteiger partial charge in [-0.25, -0.2) is 4.79 Å². The quantitative estimate of drug-likeness (QED) is 0.197. The Morgan fingerprint density at radius 3 is 1.36 bits per heavy atom. The largest absolute Gasteiger partial charge is 0.364 e. The highest BCUT2D eigenvalue weighted by Crippen LogP contribution is 2.52. The molecule has 4 saturated carbocycles. The van der Waals surface area contributed by atoms with Crippen LogP contribution in [0.25, 0.3) is 0 Å². The molecule has 16 rings (SSSR count). The van der Waals surface area contributed by atoms with Crippen LogP contribution in [0.1, 0.15) is 304 Å². The molecule has 11 aliphatic heterocycles. The van der Waals surface area contributed by atoms with Gasteiger partial charge in [0.1, 0.15) is 0 Å². The van der Waals surface area contributed by atoms with Crippen molar-refractivity contribution in [1.29, 1.82) is 0 Å². The van der Waals surface area contributed by atoms with Crippen molar-refractivity contribution in [2.24, 2.45) is 45.8 Å². The van der Waals surface area contributed by atoms with Gasteiger partial charge in [-0.1, -0.05) is 84.9 Å². The molecule has 11 saturated heterocycles. The average Bonchev–Trinajstić information content (AvgIpc) is 1.44. The predicted molar refractivity (Wildman–Crippen MR) is 455 cm³/mol. The zero-order chi connectivity index (χ0) is 76.3. The Kier molecular flexibility index (Phi) is 37.1. The van der Waals surface area contributed by atoms with Gasteiger partial charge in [-0.2, -0.15) is 0 Å². The van der Waals surface area contributed by atoms with E-state index < -0.39 is 0 Å². The average molecular weight is 1480 g/mol. The fourth-order valence-corrected chi connectivity index (χ4v) is 21.5. The Morgan fingerprint density at radius 1 is 0.434 bits per heavy atom. The molecule has 15 aliphatic rings. The second-order valence-corrected chi connectivity index (χ2v) is 40.1. The molecule has 4 aliphatic carbocycles. The van der Waals surface area contributed by atoms with Crippen molar-refractivity contribution in [3.05, 3.63) is 35.9 Å². The number of carbonyl (C=O) groups excluding carboxylic acids is 1. The molecule has 15 fully saturated rings. The highest BCUT2D eigenvalue weighted by atomic mass is 16.7. The van der Waals surface area contributed by atoms with Crippen LogP contribution in [-0.4, -0.2) is 265 Å². The summed E-state index contributed by atoms with van der Waals surface area (Å²) in [4.78, 5) is 40.5. The zero-order valence-corrected chi connectivity index (χ0v) is 72.9. The first-order valence-corrected chi connectivity index (χ1v) is 45.1. The summed E-state index contributed by atoms with van der Waals surface area (Å²) in [6.45, 7) is 75.6. The summed E-state index contributed by atoms with van der Waals surface area (Å²) in [5.41, 5.74) is 4.03. The lowest BCUT2D eigenvalue weighted by atomic mass is 9.58. The summed E-state index contributed by atoms with van der Waals surface area (Å²) >= 11 is 0. The molecule has 0 radical (unpaired) electrons. The van der Waals surface area contributed by atoms with Gasteiger partial charge in [-0.05, 0) is 312 Å². The lowest BCUT2D eigenvalue weighted by Crippen LogP contribution is -2.63. The van der Waals surface area contributed by atoms with Gasteiger partial charge in [-0.15, -0.1) is 5.06 Å². The molecule has 4 atom stereocenters. The molecule has 2 N–H and O–H groups in total. The van der Waals surface area contributed by atoms with Gasteiger partial charge < -0.3 is 35.1 Å². The van der Waals surface area contributed by atoms with Crippen LogP contribution < -0.4 is 10.6 Å². The number of benzene rings is 1. The number of fused-ring (bicyclic) bond motifs is 1. The predicted octanol–water partition coefficient (Wildman–Crippen LogP) is 17.5. The normalized spacial score (nSPS) is 28.9. The molecule has 1 aromatic rings. The van der Waals surface area contributed by atoms with Crippen LogP contribution in [-0.2, 0) is 4.84 Å². The van der Waals surface area contributed by atoms with Crippen molar-refractivity contribution in [1.82, 2.24) is 59.8 Å². The maximum Gasteiger partial charge on any atom is 0.357 e. The minimum atomic E-state index is -0.270.